The maximum atomic E-state index is 12.7. The summed E-state index contributed by atoms with van der Waals surface area (Å²) in [7, 11) is 0. The Labute approximate surface area is 145 Å². The van der Waals surface area contributed by atoms with Crippen LogP contribution in [0.1, 0.15) is 36.4 Å². The second-order valence-corrected chi connectivity index (χ2v) is 6.43. The molecule has 1 aromatic carbocycles. The van der Waals surface area contributed by atoms with Crippen molar-refractivity contribution < 1.29 is 9.52 Å². The van der Waals surface area contributed by atoms with Crippen molar-refractivity contribution in [1.29, 1.82) is 0 Å². The molecule has 1 aliphatic rings. The lowest BCUT2D eigenvalue weighted by atomic mass is 9.95. The second-order valence-electron chi connectivity index (χ2n) is 6.43. The number of likely N-dealkylation sites (tertiary alicyclic amines) is 1. The van der Waals surface area contributed by atoms with Crippen molar-refractivity contribution in [1.82, 2.24) is 9.88 Å². The molecule has 2 aromatic heterocycles. The number of hydrogen-bond acceptors (Lipinski definition) is 5. The fraction of sp³-hybridized carbons (Fsp3) is 0.300. The molecule has 0 radical (unpaired) electrons. The van der Waals surface area contributed by atoms with E-state index in [1.54, 1.807) is 30.6 Å². The summed E-state index contributed by atoms with van der Waals surface area (Å²) in [4.78, 5) is 19.1. The van der Waals surface area contributed by atoms with Crippen LogP contribution in [-0.4, -0.2) is 28.1 Å². The molecule has 1 saturated heterocycles. The Bertz CT molecular complexity index is 931. The zero-order valence-electron chi connectivity index (χ0n) is 13.9. The van der Waals surface area contributed by atoms with Gasteiger partial charge < -0.3 is 9.52 Å². The topological polar surface area (TPSA) is 66.6 Å². The Morgan fingerprint density at radius 2 is 1.76 bits per heavy atom. The SMILES string of the molecule is O=c1oc2ccccc2c(O)c1C(c1ccncc1)N1CCCCC1. The van der Waals surface area contributed by atoms with Crippen LogP contribution in [0.2, 0.25) is 0 Å². The fourth-order valence-electron chi connectivity index (χ4n) is 3.67. The minimum atomic E-state index is -0.483. The molecule has 1 atom stereocenters. The van der Waals surface area contributed by atoms with Crippen LogP contribution in [0.3, 0.4) is 0 Å². The van der Waals surface area contributed by atoms with Gasteiger partial charge in [-0.15, -0.1) is 0 Å². The molecule has 1 unspecified atom stereocenters. The van der Waals surface area contributed by atoms with Crippen LogP contribution in [0, 0.1) is 0 Å². The van der Waals surface area contributed by atoms with Crippen molar-refractivity contribution in [3.63, 3.8) is 0 Å². The van der Waals surface area contributed by atoms with Gasteiger partial charge in [0.05, 0.1) is 11.4 Å². The lowest BCUT2D eigenvalue weighted by molar-refractivity contribution is 0.182. The van der Waals surface area contributed by atoms with Crippen molar-refractivity contribution in [2.24, 2.45) is 0 Å². The average Bonchev–Trinajstić information content (AvgIpc) is 2.66. The smallest absolute Gasteiger partial charge is 0.345 e. The highest BCUT2D eigenvalue weighted by Gasteiger charge is 2.30. The lowest BCUT2D eigenvalue weighted by Gasteiger charge is -2.34. The molecule has 25 heavy (non-hydrogen) atoms. The molecule has 1 aliphatic heterocycles. The third-order valence-electron chi connectivity index (χ3n) is 4.87. The normalized spacial score (nSPS) is 16.8. The summed E-state index contributed by atoms with van der Waals surface area (Å²) in [6.45, 7) is 1.78. The third kappa shape index (κ3) is 2.91. The minimum Gasteiger partial charge on any atom is -0.507 e. The van der Waals surface area contributed by atoms with E-state index in [2.05, 4.69) is 9.88 Å². The van der Waals surface area contributed by atoms with Crippen LogP contribution < -0.4 is 5.63 Å². The number of hydrogen-bond donors (Lipinski definition) is 1. The summed E-state index contributed by atoms with van der Waals surface area (Å²) in [5.41, 5.74) is 1.17. The van der Waals surface area contributed by atoms with E-state index in [0.29, 0.717) is 16.5 Å². The van der Waals surface area contributed by atoms with Crippen LogP contribution in [-0.2, 0) is 0 Å². The van der Waals surface area contributed by atoms with Crippen LogP contribution in [0.4, 0.5) is 0 Å². The van der Waals surface area contributed by atoms with Gasteiger partial charge in [-0.25, -0.2) is 4.79 Å². The quantitative estimate of drug-likeness (QED) is 0.742. The van der Waals surface area contributed by atoms with Crippen molar-refractivity contribution in [3.05, 3.63) is 70.3 Å². The third-order valence-corrected chi connectivity index (χ3v) is 4.87. The predicted octanol–water partition coefficient (Wildman–Crippen LogP) is 3.47. The Morgan fingerprint density at radius 3 is 2.52 bits per heavy atom. The lowest BCUT2D eigenvalue weighted by Crippen LogP contribution is -2.36. The monoisotopic (exact) mass is 336 g/mol. The van der Waals surface area contributed by atoms with E-state index in [1.807, 2.05) is 18.2 Å². The number of pyridine rings is 1. The molecule has 4 rings (SSSR count). The summed E-state index contributed by atoms with van der Waals surface area (Å²) in [6.07, 6.45) is 6.79. The molecule has 1 fully saturated rings. The Kier molecular flexibility index (Phi) is 4.24. The highest BCUT2D eigenvalue weighted by molar-refractivity contribution is 5.84. The first-order valence-corrected chi connectivity index (χ1v) is 8.64. The van der Waals surface area contributed by atoms with Gasteiger partial charge in [-0.2, -0.15) is 0 Å². The van der Waals surface area contributed by atoms with Crippen LogP contribution in [0.25, 0.3) is 11.0 Å². The van der Waals surface area contributed by atoms with Gasteiger partial charge >= 0.3 is 5.63 Å². The van der Waals surface area contributed by atoms with E-state index >= 15 is 0 Å². The number of piperidine rings is 1. The van der Waals surface area contributed by atoms with E-state index in [0.717, 1.165) is 31.5 Å². The first kappa shape index (κ1) is 15.8. The standard InChI is InChI=1S/C20H20N2O3/c23-19-15-6-2-3-7-16(15)25-20(24)17(19)18(14-8-10-21-11-9-14)22-12-4-1-5-13-22/h2-3,6-11,18,23H,1,4-5,12-13H2. The maximum absolute atomic E-state index is 12.7. The molecular weight excluding hydrogens is 316 g/mol. The molecule has 1 N–H and O–H groups in total. The zero-order valence-corrected chi connectivity index (χ0v) is 13.9. The first-order chi connectivity index (χ1) is 12.3. The summed E-state index contributed by atoms with van der Waals surface area (Å²) >= 11 is 0. The number of para-hydroxylation sites is 1. The second kappa shape index (κ2) is 6.69. The highest BCUT2D eigenvalue weighted by Crippen LogP contribution is 2.37. The molecule has 0 aliphatic carbocycles. The van der Waals surface area contributed by atoms with Gasteiger partial charge in [0.25, 0.3) is 0 Å². The van der Waals surface area contributed by atoms with Gasteiger partial charge in [-0.3, -0.25) is 9.88 Å². The predicted molar refractivity (Wildman–Crippen MR) is 95.7 cm³/mol. The summed E-state index contributed by atoms with van der Waals surface area (Å²) in [5, 5.41) is 11.5. The summed E-state index contributed by atoms with van der Waals surface area (Å²) in [5.74, 6) is 0.0132. The van der Waals surface area contributed by atoms with Gasteiger partial charge in [0.1, 0.15) is 16.9 Å². The van der Waals surface area contributed by atoms with Crippen molar-refractivity contribution >= 4 is 11.0 Å². The molecule has 0 bridgehead atoms. The van der Waals surface area contributed by atoms with Crippen LogP contribution in [0.5, 0.6) is 5.75 Å². The number of rotatable bonds is 3. The zero-order chi connectivity index (χ0) is 17.2. The van der Waals surface area contributed by atoms with E-state index < -0.39 is 5.63 Å². The molecule has 3 heterocycles. The molecule has 128 valence electrons. The molecule has 0 spiro atoms. The van der Waals surface area contributed by atoms with Crippen LogP contribution >= 0.6 is 0 Å². The van der Waals surface area contributed by atoms with Crippen LogP contribution in [0.15, 0.2) is 58.0 Å². The van der Waals surface area contributed by atoms with E-state index in [4.69, 9.17) is 4.42 Å². The van der Waals surface area contributed by atoms with Gasteiger partial charge in [-0.1, -0.05) is 18.6 Å². The van der Waals surface area contributed by atoms with Crippen molar-refractivity contribution in [2.75, 3.05) is 13.1 Å². The van der Waals surface area contributed by atoms with Gasteiger partial charge in [0.15, 0.2) is 0 Å². The molecular formula is C20H20N2O3. The first-order valence-electron chi connectivity index (χ1n) is 8.64. The van der Waals surface area contributed by atoms with Crippen molar-refractivity contribution in [2.45, 2.75) is 25.3 Å². The molecule has 5 nitrogen and oxygen atoms in total. The minimum absolute atomic E-state index is 0.0132. The van der Waals surface area contributed by atoms with Gasteiger partial charge in [0, 0.05) is 12.4 Å². The average molecular weight is 336 g/mol. The van der Waals surface area contributed by atoms with Gasteiger partial charge in [0.2, 0.25) is 0 Å². The molecule has 3 aromatic rings. The highest BCUT2D eigenvalue weighted by atomic mass is 16.4. The number of fused-ring (bicyclic) bond motifs is 1. The maximum Gasteiger partial charge on any atom is 0.345 e. The Morgan fingerprint density at radius 1 is 1.04 bits per heavy atom. The molecule has 0 amide bonds. The molecule has 5 heteroatoms. The van der Waals surface area contributed by atoms with E-state index in [-0.39, 0.29) is 11.8 Å². The number of benzene rings is 1. The number of nitrogens with zero attached hydrogens (tertiary/aromatic N) is 2. The summed E-state index contributed by atoms with van der Waals surface area (Å²) in [6, 6.07) is 10.5. The molecule has 0 saturated carbocycles. The Balaban J connectivity index is 1.93. The Hall–Kier alpha value is -2.66. The number of aromatic nitrogens is 1. The largest absolute Gasteiger partial charge is 0.507 e. The fourth-order valence-corrected chi connectivity index (χ4v) is 3.67. The van der Waals surface area contributed by atoms with E-state index in [9.17, 15) is 9.90 Å². The van der Waals surface area contributed by atoms with Crippen molar-refractivity contribution in [3.8, 4) is 5.75 Å². The van der Waals surface area contributed by atoms with Gasteiger partial charge in [-0.05, 0) is 55.8 Å². The van der Waals surface area contributed by atoms with E-state index in [1.165, 1.54) is 6.42 Å². The number of aromatic hydroxyl groups is 1. The summed E-state index contributed by atoms with van der Waals surface area (Å²) < 4.78 is 5.51.